The second-order valence-corrected chi connectivity index (χ2v) is 6.61. The highest BCUT2D eigenvalue weighted by Gasteiger charge is 2.22. The van der Waals surface area contributed by atoms with Crippen LogP contribution in [0.25, 0.3) is 22.2 Å². The maximum atomic E-state index is 9.46. The van der Waals surface area contributed by atoms with E-state index >= 15 is 0 Å². The molecule has 0 fully saturated rings. The fourth-order valence-corrected chi connectivity index (χ4v) is 3.79. The summed E-state index contributed by atoms with van der Waals surface area (Å²) >= 11 is 0. The van der Waals surface area contributed by atoms with Crippen LogP contribution in [0, 0.1) is 5.41 Å². The van der Waals surface area contributed by atoms with Crippen LogP contribution in [0.3, 0.4) is 0 Å². The standard InChI is InChI=1S/C19H19BN4O2/c21-8-15-16(22)5-6-17-18(15)13-3-1-2-4-14(13)19(24-17)11-7-12(20(25)26)10-23-9-11/h5-10,21,25-26H,1-4,22H2. The first-order valence-corrected chi connectivity index (χ1v) is 8.66. The van der Waals surface area contributed by atoms with E-state index in [1.165, 1.54) is 18.0 Å². The first-order chi connectivity index (χ1) is 12.6. The molecule has 0 radical (unpaired) electrons. The van der Waals surface area contributed by atoms with E-state index in [1.807, 2.05) is 6.07 Å². The van der Waals surface area contributed by atoms with Gasteiger partial charge in [-0.25, -0.2) is 4.98 Å². The number of aromatic nitrogens is 2. The Morgan fingerprint density at radius 1 is 1.12 bits per heavy atom. The predicted octanol–water partition coefficient (Wildman–Crippen LogP) is 1.44. The van der Waals surface area contributed by atoms with Gasteiger partial charge in [0.2, 0.25) is 0 Å². The van der Waals surface area contributed by atoms with Crippen LogP contribution in [0.5, 0.6) is 0 Å². The van der Waals surface area contributed by atoms with Crippen molar-refractivity contribution in [3.05, 3.63) is 47.3 Å². The molecule has 2 heterocycles. The Hall–Kier alpha value is -2.77. The fraction of sp³-hybridized carbons (Fsp3) is 0.211. The molecule has 5 N–H and O–H groups in total. The average Bonchev–Trinajstić information content (AvgIpc) is 2.67. The van der Waals surface area contributed by atoms with E-state index in [1.54, 1.807) is 18.3 Å². The number of benzene rings is 1. The molecule has 0 amide bonds. The summed E-state index contributed by atoms with van der Waals surface area (Å²) in [5.74, 6) is 0. The van der Waals surface area contributed by atoms with Gasteiger partial charge in [-0.1, -0.05) is 0 Å². The van der Waals surface area contributed by atoms with Gasteiger partial charge in [0.05, 0.1) is 11.2 Å². The molecule has 2 aromatic heterocycles. The van der Waals surface area contributed by atoms with Crippen LogP contribution in [-0.2, 0) is 12.8 Å². The number of anilines is 1. The molecule has 0 saturated carbocycles. The van der Waals surface area contributed by atoms with Crippen molar-refractivity contribution in [1.29, 1.82) is 5.41 Å². The highest BCUT2D eigenvalue weighted by molar-refractivity contribution is 6.58. The number of rotatable bonds is 3. The number of aryl methyl sites for hydroxylation is 1. The monoisotopic (exact) mass is 346 g/mol. The van der Waals surface area contributed by atoms with E-state index in [9.17, 15) is 10.0 Å². The zero-order chi connectivity index (χ0) is 18.3. The van der Waals surface area contributed by atoms with Gasteiger partial charge in [-0.2, -0.15) is 0 Å². The number of fused-ring (bicyclic) bond motifs is 3. The van der Waals surface area contributed by atoms with E-state index in [0.717, 1.165) is 59.0 Å². The van der Waals surface area contributed by atoms with Crippen molar-refractivity contribution in [1.82, 2.24) is 9.97 Å². The normalized spacial score (nSPS) is 13.5. The van der Waals surface area contributed by atoms with Crippen molar-refractivity contribution in [3.63, 3.8) is 0 Å². The summed E-state index contributed by atoms with van der Waals surface area (Å²) in [5, 5.41) is 27.7. The minimum Gasteiger partial charge on any atom is -0.423 e. The van der Waals surface area contributed by atoms with Crippen LogP contribution in [0.2, 0.25) is 0 Å². The molecule has 1 aromatic carbocycles. The van der Waals surface area contributed by atoms with Crippen molar-refractivity contribution in [2.24, 2.45) is 0 Å². The molecule has 1 aliphatic rings. The van der Waals surface area contributed by atoms with Gasteiger partial charge in [0.1, 0.15) is 0 Å². The lowest BCUT2D eigenvalue weighted by Crippen LogP contribution is -2.30. The Morgan fingerprint density at radius 2 is 1.88 bits per heavy atom. The minimum atomic E-state index is -1.57. The van der Waals surface area contributed by atoms with Gasteiger partial charge in [0.25, 0.3) is 0 Å². The lowest BCUT2D eigenvalue weighted by molar-refractivity contribution is 0.425. The molecule has 0 aliphatic heterocycles. The average molecular weight is 346 g/mol. The third-order valence-electron chi connectivity index (χ3n) is 5.02. The second-order valence-electron chi connectivity index (χ2n) is 6.61. The molecule has 0 atom stereocenters. The van der Waals surface area contributed by atoms with Crippen LogP contribution in [0.1, 0.15) is 29.5 Å². The molecule has 0 unspecified atom stereocenters. The number of nitrogens with two attached hydrogens (primary N) is 1. The Labute approximate surface area is 151 Å². The fourth-order valence-electron chi connectivity index (χ4n) is 3.79. The molecule has 0 saturated heterocycles. The number of nitrogens with one attached hydrogen (secondary N) is 1. The number of nitrogen functional groups attached to an aromatic ring is 1. The number of nitrogens with zero attached hydrogens (tertiary/aromatic N) is 2. The van der Waals surface area contributed by atoms with Gasteiger partial charge >= 0.3 is 7.12 Å². The Morgan fingerprint density at radius 3 is 2.62 bits per heavy atom. The lowest BCUT2D eigenvalue weighted by atomic mass is 9.80. The Balaban J connectivity index is 2.04. The molecule has 0 bridgehead atoms. The molecule has 130 valence electrons. The first kappa shape index (κ1) is 16.7. The molecule has 26 heavy (non-hydrogen) atoms. The maximum Gasteiger partial charge on any atom is 0.490 e. The van der Waals surface area contributed by atoms with Crippen molar-refractivity contribution in [3.8, 4) is 11.3 Å². The van der Waals surface area contributed by atoms with Crippen LogP contribution >= 0.6 is 0 Å². The predicted molar refractivity (Wildman–Crippen MR) is 104 cm³/mol. The summed E-state index contributed by atoms with van der Waals surface area (Å²) in [4.78, 5) is 8.99. The van der Waals surface area contributed by atoms with Crippen LogP contribution in [-0.4, -0.2) is 33.3 Å². The van der Waals surface area contributed by atoms with Gasteiger partial charge in [-0.15, -0.1) is 0 Å². The summed E-state index contributed by atoms with van der Waals surface area (Å²) in [6, 6.07) is 5.38. The van der Waals surface area contributed by atoms with Gasteiger partial charge < -0.3 is 21.2 Å². The zero-order valence-electron chi connectivity index (χ0n) is 14.2. The Bertz CT molecular complexity index is 1020. The summed E-state index contributed by atoms with van der Waals surface area (Å²) in [6.07, 6.45) is 8.42. The van der Waals surface area contributed by atoms with Crippen LogP contribution in [0.15, 0.2) is 30.6 Å². The smallest absolute Gasteiger partial charge is 0.423 e. The van der Waals surface area contributed by atoms with Crippen molar-refractivity contribution in [2.45, 2.75) is 25.7 Å². The lowest BCUT2D eigenvalue weighted by Gasteiger charge is -2.22. The molecule has 4 rings (SSSR count). The van der Waals surface area contributed by atoms with Gasteiger partial charge in [0.15, 0.2) is 0 Å². The van der Waals surface area contributed by atoms with Gasteiger partial charge in [-0.05, 0) is 55.0 Å². The van der Waals surface area contributed by atoms with Crippen LogP contribution < -0.4 is 11.2 Å². The molecule has 1 aliphatic carbocycles. The van der Waals surface area contributed by atoms with E-state index < -0.39 is 7.12 Å². The molecule has 7 heteroatoms. The number of hydrogen-bond acceptors (Lipinski definition) is 6. The van der Waals surface area contributed by atoms with E-state index in [0.29, 0.717) is 11.2 Å². The van der Waals surface area contributed by atoms with Crippen LogP contribution in [0.4, 0.5) is 5.69 Å². The van der Waals surface area contributed by atoms with Gasteiger partial charge in [-0.3, -0.25) is 4.98 Å². The number of hydrogen-bond donors (Lipinski definition) is 4. The summed E-state index contributed by atoms with van der Waals surface area (Å²) in [5.41, 5.74) is 12.5. The van der Waals surface area contributed by atoms with Crippen molar-refractivity contribution < 1.29 is 10.0 Å². The second kappa shape index (κ2) is 6.51. The van der Waals surface area contributed by atoms with E-state index in [-0.39, 0.29) is 0 Å². The third-order valence-corrected chi connectivity index (χ3v) is 5.02. The van der Waals surface area contributed by atoms with E-state index in [2.05, 4.69) is 4.98 Å². The highest BCUT2D eigenvalue weighted by atomic mass is 16.4. The summed E-state index contributed by atoms with van der Waals surface area (Å²) in [6.45, 7) is 0. The third kappa shape index (κ3) is 2.65. The highest BCUT2D eigenvalue weighted by Crippen LogP contribution is 2.37. The SMILES string of the molecule is N=Cc1c(N)ccc2nc(-c3cncc(B(O)O)c3)c3c(c12)CCCC3. The number of pyridine rings is 2. The summed E-state index contributed by atoms with van der Waals surface area (Å²) in [7, 11) is -1.57. The molecule has 6 nitrogen and oxygen atoms in total. The summed E-state index contributed by atoms with van der Waals surface area (Å²) < 4.78 is 0. The Kier molecular flexibility index (Phi) is 4.18. The first-order valence-electron chi connectivity index (χ1n) is 8.66. The minimum absolute atomic E-state index is 0.339. The zero-order valence-corrected chi connectivity index (χ0v) is 14.2. The van der Waals surface area contributed by atoms with Gasteiger partial charge in [0, 0.05) is 46.3 Å². The molecular formula is C19H19BN4O2. The van der Waals surface area contributed by atoms with Crippen molar-refractivity contribution in [2.75, 3.05) is 5.73 Å². The topological polar surface area (TPSA) is 116 Å². The van der Waals surface area contributed by atoms with E-state index in [4.69, 9.17) is 16.1 Å². The van der Waals surface area contributed by atoms with Crippen molar-refractivity contribution >= 4 is 35.4 Å². The quantitative estimate of drug-likeness (QED) is 0.325. The molecule has 0 spiro atoms. The molecule has 3 aromatic rings. The largest absolute Gasteiger partial charge is 0.490 e. The molecular weight excluding hydrogens is 327 g/mol. The maximum absolute atomic E-state index is 9.46.